The maximum atomic E-state index is 13.1. The summed E-state index contributed by atoms with van der Waals surface area (Å²) in [4.78, 5) is 24.3. The van der Waals surface area contributed by atoms with Gasteiger partial charge in [0.2, 0.25) is 17.6 Å². The van der Waals surface area contributed by atoms with Crippen LogP contribution in [-0.2, 0) is 11.2 Å². The summed E-state index contributed by atoms with van der Waals surface area (Å²) in [5.41, 5.74) is 1.87. The average Bonchev–Trinajstić information content (AvgIpc) is 3.33. The van der Waals surface area contributed by atoms with Crippen molar-refractivity contribution in [1.29, 1.82) is 0 Å². The lowest BCUT2D eigenvalue weighted by atomic mass is 9.96. The summed E-state index contributed by atoms with van der Waals surface area (Å²) >= 11 is 0. The van der Waals surface area contributed by atoms with Gasteiger partial charge in [-0.15, -0.1) is 0 Å². The third kappa shape index (κ3) is 4.74. The Balaban J connectivity index is 1.46. The van der Waals surface area contributed by atoms with E-state index in [1.807, 2.05) is 50.2 Å². The molecule has 1 N–H and O–H groups in total. The van der Waals surface area contributed by atoms with E-state index in [9.17, 15) is 4.79 Å². The average molecular weight is 436 g/mol. The van der Waals surface area contributed by atoms with Crippen LogP contribution >= 0.6 is 0 Å². The van der Waals surface area contributed by atoms with Crippen molar-refractivity contribution in [2.24, 2.45) is 5.92 Å². The molecule has 0 spiro atoms. The highest BCUT2D eigenvalue weighted by Crippen LogP contribution is 2.30. The molecule has 2 atom stereocenters. The van der Waals surface area contributed by atoms with Gasteiger partial charge in [0.25, 0.3) is 0 Å². The highest BCUT2D eigenvalue weighted by molar-refractivity contribution is 5.80. The SMILES string of the molecule is CCc1nc(-c2cccnc2N2CCC[C@@H](C(=O)N[C@@H](C)c3ccc(OC)cc3)C2)no1. The van der Waals surface area contributed by atoms with Crippen LogP contribution in [0.4, 0.5) is 5.82 Å². The molecule has 32 heavy (non-hydrogen) atoms. The first-order valence-corrected chi connectivity index (χ1v) is 11.1. The van der Waals surface area contributed by atoms with Crippen LogP contribution in [0.1, 0.15) is 44.2 Å². The summed E-state index contributed by atoms with van der Waals surface area (Å²) in [6.45, 7) is 5.41. The molecular formula is C24H29N5O3. The molecule has 1 aliphatic rings. The second-order valence-corrected chi connectivity index (χ2v) is 8.03. The second-order valence-electron chi connectivity index (χ2n) is 8.03. The first-order valence-electron chi connectivity index (χ1n) is 11.1. The number of piperidine rings is 1. The Morgan fingerprint density at radius 3 is 2.84 bits per heavy atom. The van der Waals surface area contributed by atoms with E-state index in [2.05, 4.69) is 25.3 Å². The summed E-state index contributed by atoms with van der Waals surface area (Å²) in [6.07, 6.45) is 4.20. The zero-order valence-electron chi connectivity index (χ0n) is 18.7. The summed E-state index contributed by atoms with van der Waals surface area (Å²) < 4.78 is 10.5. The molecule has 8 heteroatoms. The molecule has 0 unspecified atom stereocenters. The molecule has 168 valence electrons. The van der Waals surface area contributed by atoms with E-state index in [0.717, 1.165) is 42.1 Å². The number of carbonyl (C=O) groups is 1. The van der Waals surface area contributed by atoms with Crippen LogP contribution in [0.2, 0.25) is 0 Å². The van der Waals surface area contributed by atoms with Gasteiger partial charge in [-0.1, -0.05) is 24.2 Å². The van der Waals surface area contributed by atoms with E-state index in [1.165, 1.54) is 0 Å². The van der Waals surface area contributed by atoms with Crippen molar-refractivity contribution in [2.45, 2.75) is 39.2 Å². The van der Waals surface area contributed by atoms with E-state index < -0.39 is 0 Å². The largest absolute Gasteiger partial charge is 0.497 e. The van der Waals surface area contributed by atoms with Gasteiger partial charge < -0.3 is 19.5 Å². The predicted octanol–water partition coefficient (Wildman–Crippen LogP) is 3.80. The molecule has 3 aromatic rings. The number of methoxy groups -OCH3 is 1. The Bertz CT molecular complexity index is 1050. The molecule has 4 rings (SSSR count). The minimum atomic E-state index is -0.115. The summed E-state index contributed by atoms with van der Waals surface area (Å²) in [7, 11) is 1.64. The number of hydrogen-bond donors (Lipinski definition) is 1. The van der Waals surface area contributed by atoms with Crippen molar-refractivity contribution in [1.82, 2.24) is 20.4 Å². The van der Waals surface area contributed by atoms with E-state index in [1.54, 1.807) is 13.3 Å². The molecule has 3 heterocycles. The highest BCUT2D eigenvalue weighted by atomic mass is 16.5. The van der Waals surface area contributed by atoms with Crippen molar-refractivity contribution >= 4 is 11.7 Å². The maximum Gasteiger partial charge on any atom is 0.226 e. The number of nitrogens with zero attached hydrogens (tertiary/aromatic N) is 4. The number of hydrogen-bond acceptors (Lipinski definition) is 7. The van der Waals surface area contributed by atoms with Crippen LogP contribution < -0.4 is 15.0 Å². The number of benzene rings is 1. The van der Waals surface area contributed by atoms with Crippen LogP contribution in [-0.4, -0.2) is 41.2 Å². The molecule has 0 radical (unpaired) electrons. The summed E-state index contributed by atoms with van der Waals surface area (Å²) in [6, 6.07) is 11.5. The Kier molecular flexibility index (Phi) is 6.68. The van der Waals surface area contributed by atoms with Gasteiger partial charge >= 0.3 is 0 Å². The van der Waals surface area contributed by atoms with Crippen molar-refractivity contribution < 1.29 is 14.1 Å². The standard InChI is InChI=1S/C24H29N5O3/c1-4-21-27-22(28-32-21)20-8-5-13-25-23(20)29-14-6-7-18(15-29)24(30)26-16(2)17-9-11-19(31-3)12-10-17/h5,8-13,16,18H,4,6-7,14-15H2,1-3H3,(H,26,30)/t16-,18+/m0/s1. The molecule has 1 aliphatic heterocycles. The monoisotopic (exact) mass is 435 g/mol. The minimum Gasteiger partial charge on any atom is -0.497 e. The molecule has 8 nitrogen and oxygen atoms in total. The van der Waals surface area contributed by atoms with Crippen molar-refractivity contribution in [3.63, 3.8) is 0 Å². The van der Waals surface area contributed by atoms with Crippen LogP contribution in [0.25, 0.3) is 11.4 Å². The van der Waals surface area contributed by atoms with E-state index in [0.29, 0.717) is 24.7 Å². The number of anilines is 1. The molecule has 0 bridgehead atoms. The fraction of sp³-hybridized carbons (Fsp3) is 0.417. The van der Waals surface area contributed by atoms with Gasteiger partial charge in [-0.3, -0.25) is 4.79 Å². The number of aryl methyl sites for hydroxylation is 1. The van der Waals surface area contributed by atoms with Crippen molar-refractivity contribution in [3.05, 3.63) is 54.0 Å². The molecule has 1 amide bonds. The number of rotatable bonds is 7. The van der Waals surface area contributed by atoms with E-state index in [-0.39, 0.29) is 17.9 Å². The summed E-state index contributed by atoms with van der Waals surface area (Å²) in [5, 5.41) is 7.28. The first-order chi connectivity index (χ1) is 15.6. The van der Waals surface area contributed by atoms with Gasteiger partial charge in [0.15, 0.2) is 0 Å². The first kappa shape index (κ1) is 21.8. The Labute approximate surface area is 188 Å². The number of pyridine rings is 1. The smallest absolute Gasteiger partial charge is 0.226 e. The molecule has 0 saturated carbocycles. The normalized spacial score (nSPS) is 17.1. The van der Waals surface area contributed by atoms with Crippen LogP contribution in [0.3, 0.4) is 0 Å². The van der Waals surface area contributed by atoms with Gasteiger partial charge in [-0.25, -0.2) is 4.98 Å². The molecule has 2 aromatic heterocycles. The van der Waals surface area contributed by atoms with Gasteiger partial charge in [-0.05, 0) is 49.6 Å². The number of carbonyl (C=O) groups excluding carboxylic acids is 1. The third-order valence-corrected chi connectivity index (χ3v) is 5.86. The fourth-order valence-corrected chi connectivity index (χ4v) is 4.02. The Morgan fingerprint density at radius 2 is 2.12 bits per heavy atom. The van der Waals surface area contributed by atoms with Crippen molar-refractivity contribution in [3.8, 4) is 17.1 Å². The lowest BCUT2D eigenvalue weighted by Crippen LogP contribution is -2.44. The second kappa shape index (κ2) is 9.80. The molecule has 1 aromatic carbocycles. The van der Waals surface area contributed by atoms with Gasteiger partial charge in [0, 0.05) is 25.7 Å². The Morgan fingerprint density at radius 1 is 1.31 bits per heavy atom. The maximum absolute atomic E-state index is 13.1. The molecule has 1 saturated heterocycles. The predicted molar refractivity (Wildman–Crippen MR) is 121 cm³/mol. The summed E-state index contributed by atoms with van der Waals surface area (Å²) in [5.74, 6) is 2.66. The van der Waals surface area contributed by atoms with Crippen LogP contribution in [0.15, 0.2) is 47.1 Å². The molecule has 0 aliphatic carbocycles. The number of nitrogens with one attached hydrogen (secondary N) is 1. The third-order valence-electron chi connectivity index (χ3n) is 5.86. The highest BCUT2D eigenvalue weighted by Gasteiger charge is 2.29. The zero-order valence-corrected chi connectivity index (χ0v) is 18.7. The van der Waals surface area contributed by atoms with Gasteiger partial charge in [0.05, 0.1) is 24.6 Å². The number of aromatic nitrogens is 3. The quantitative estimate of drug-likeness (QED) is 0.603. The van der Waals surface area contributed by atoms with Crippen molar-refractivity contribution in [2.75, 3.05) is 25.1 Å². The lowest BCUT2D eigenvalue weighted by molar-refractivity contribution is -0.125. The van der Waals surface area contributed by atoms with Crippen LogP contribution in [0.5, 0.6) is 5.75 Å². The van der Waals surface area contributed by atoms with E-state index >= 15 is 0 Å². The minimum absolute atomic E-state index is 0.0586. The zero-order chi connectivity index (χ0) is 22.5. The fourth-order valence-electron chi connectivity index (χ4n) is 4.02. The van der Waals surface area contributed by atoms with E-state index in [4.69, 9.17) is 9.26 Å². The molecular weight excluding hydrogens is 406 g/mol. The van der Waals surface area contributed by atoms with Gasteiger partial charge in [-0.2, -0.15) is 4.98 Å². The van der Waals surface area contributed by atoms with Gasteiger partial charge in [0.1, 0.15) is 11.6 Å². The molecule has 1 fully saturated rings. The Hall–Kier alpha value is -3.42. The number of ether oxygens (including phenoxy) is 1. The lowest BCUT2D eigenvalue weighted by Gasteiger charge is -2.34. The van der Waals surface area contributed by atoms with Crippen LogP contribution in [0, 0.1) is 5.92 Å². The topological polar surface area (TPSA) is 93.4 Å². The number of amides is 1.